The van der Waals surface area contributed by atoms with Crippen molar-refractivity contribution in [1.29, 1.82) is 0 Å². The van der Waals surface area contributed by atoms with E-state index in [0.717, 1.165) is 6.07 Å². The summed E-state index contributed by atoms with van der Waals surface area (Å²) in [5.74, 6) is -1.06. The van der Waals surface area contributed by atoms with Gasteiger partial charge in [0.05, 0.1) is 15.2 Å². The van der Waals surface area contributed by atoms with Gasteiger partial charge >= 0.3 is 0 Å². The number of rotatable bonds is 6. The fourth-order valence-electron chi connectivity index (χ4n) is 1.44. The molecule has 0 spiro atoms. The largest absolute Gasteiger partial charge is 0.395 e. The maximum Gasteiger partial charge on any atom is 0.243 e. The summed E-state index contributed by atoms with van der Waals surface area (Å²) < 4.78 is 51.6. The van der Waals surface area contributed by atoms with E-state index in [1.807, 2.05) is 0 Å². The molecule has 120 valence electrons. The highest BCUT2D eigenvalue weighted by Crippen LogP contribution is 2.34. The van der Waals surface area contributed by atoms with Gasteiger partial charge < -0.3 is 5.73 Å². The molecule has 1 aromatic rings. The van der Waals surface area contributed by atoms with Crippen LogP contribution in [0.5, 0.6) is 0 Å². The number of sulfonamides is 1. The van der Waals surface area contributed by atoms with Crippen molar-refractivity contribution in [1.82, 2.24) is 4.72 Å². The third-order valence-electron chi connectivity index (χ3n) is 2.86. The van der Waals surface area contributed by atoms with Crippen molar-refractivity contribution in [2.75, 3.05) is 18.5 Å². The van der Waals surface area contributed by atoms with E-state index < -0.39 is 31.5 Å². The van der Waals surface area contributed by atoms with Crippen LogP contribution < -0.4 is 10.5 Å². The van der Waals surface area contributed by atoms with Crippen molar-refractivity contribution in [3.8, 4) is 0 Å². The quantitative estimate of drug-likeness (QED) is 0.544. The molecule has 0 fully saturated rings. The summed E-state index contributed by atoms with van der Waals surface area (Å²) in [6.45, 7) is 1.77. The smallest absolute Gasteiger partial charge is 0.243 e. The van der Waals surface area contributed by atoms with Gasteiger partial charge in [-0.2, -0.15) is 0 Å². The predicted octanol–water partition coefficient (Wildman–Crippen LogP) is 2.26. The fraction of sp³-hybridized carbons (Fsp3) is 0.455. The Morgan fingerprint density at radius 3 is 2.67 bits per heavy atom. The van der Waals surface area contributed by atoms with E-state index >= 15 is 0 Å². The van der Waals surface area contributed by atoms with Gasteiger partial charge in [-0.15, -0.1) is 0 Å². The van der Waals surface area contributed by atoms with E-state index in [-0.39, 0.29) is 27.0 Å². The highest BCUT2D eigenvalue weighted by Gasteiger charge is 2.24. The molecule has 0 aromatic heterocycles. The lowest BCUT2D eigenvalue weighted by Crippen LogP contribution is -2.28. The van der Waals surface area contributed by atoms with E-state index in [1.165, 1.54) is 6.26 Å². The lowest BCUT2D eigenvalue weighted by molar-refractivity contribution is 0.556. The van der Waals surface area contributed by atoms with Gasteiger partial charge in [-0.25, -0.2) is 17.5 Å². The predicted molar refractivity (Wildman–Crippen MR) is 86.9 cm³/mol. The summed E-state index contributed by atoms with van der Waals surface area (Å²) in [5, 5.41) is -0.173. The molecule has 2 unspecified atom stereocenters. The highest BCUT2D eigenvalue weighted by atomic mass is 79.9. The van der Waals surface area contributed by atoms with Gasteiger partial charge in [-0.05, 0) is 28.4 Å². The molecule has 5 nitrogen and oxygen atoms in total. The minimum absolute atomic E-state index is 0.00250. The number of nitrogens with one attached hydrogen (secondary N) is 1. The summed E-state index contributed by atoms with van der Waals surface area (Å²) in [5.41, 5.74) is 5.09. The van der Waals surface area contributed by atoms with Crippen LogP contribution >= 0.6 is 27.5 Å². The van der Waals surface area contributed by atoms with Crippen molar-refractivity contribution in [2.24, 2.45) is 0 Å². The van der Waals surface area contributed by atoms with E-state index in [9.17, 15) is 17.0 Å². The molecule has 1 rings (SSSR count). The molecule has 0 aliphatic heterocycles. The Balaban J connectivity index is 2.97. The molecule has 3 N–H and O–H groups in total. The molecule has 21 heavy (non-hydrogen) atoms. The minimum Gasteiger partial charge on any atom is -0.395 e. The van der Waals surface area contributed by atoms with Crippen LogP contribution in [-0.4, -0.2) is 30.7 Å². The second-order valence-corrected chi connectivity index (χ2v) is 9.13. The molecule has 0 saturated carbocycles. The summed E-state index contributed by atoms with van der Waals surface area (Å²) >= 11 is 8.77. The molecule has 0 saturated heterocycles. The maximum atomic E-state index is 14.0. The number of benzene rings is 1. The Labute approximate surface area is 139 Å². The van der Waals surface area contributed by atoms with Crippen LogP contribution in [0.1, 0.15) is 13.3 Å². The summed E-state index contributed by atoms with van der Waals surface area (Å²) in [6, 6.07) is 0.987. The average molecular weight is 422 g/mol. The molecule has 0 aliphatic rings. The molecule has 0 bridgehead atoms. The second-order valence-electron chi connectivity index (χ2n) is 4.39. The average Bonchev–Trinajstić information content (AvgIpc) is 2.39. The highest BCUT2D eigenvalue weighted by molar-refractivity contribution is 9.10. The van der Waals surface area contributed by atoms with Crippen LogP contribution in [-0.2, 0) is 20.8 Å². The van der Waals surface area contributed by atoms with Crippen molar-refractivity contribution in [3.05, 3.63) is 21.4 Å². The molecule has 0 heterocycles. The van der Waals surface area contributed by atoms with Crippen molar-refractivity contribution >= 4 is 54.0 Å². The first-order valence-corrected chi connectivity index (χ1v) is 10.1. The summed E-state index contributed by atoms with van der Waals surface area (Å²) in [6.07, 6.45) is 1.90. The van der Waals surface area contributed by atoms with Gasteiger partial charge in [0.25, 0.3) is 0 Å². The standard InChI is InChI=1S/C11H15BrClFN2O3S2/c1-6(20(2)17)3-4-16-21(18,19)8-5-7(13)9(12)11(15)10(8)14/h5-6,16H,3-4,15H2,1-2H3. The Kier molecular flexibility index (Phi) is 6.60. The minimum atomic E-state index is -4.08. The van der Waals surface area contributed by atoms with Crippen molar-refractivity contribution < 1.29 is 17.0 Å². The van der Waals surface area contributed by atoms with Gasteiger partial charge in [0.15, 0.2) is 5.82 Å². The van der Waals surface area contributed by atoms with Crippen molar-refractivity contribution in [3.63, 3.8) is 0 Å². The van der Waals surface area contributed by atoms with Crippen LogP contribution in [0.15, 0.2) is 15.4 Å². The van der Waals surface area contributed by atoms with Gasteiger partial charge in [-0.1, -0.05) is 18.5 Å². The van der Waals surface area contributed by atoms with Gasteiger partial charge in [0, 0.05) is 28.9 Å². The zero-order valence-corrected chi connectivity index (χ0v) is 15.3. The van der Waals surface area contributed by atoms with E-state index in [4.69, 9.17) is 17.3 Å². The third-order valence-corrected chi connectivity index (χ3v) is 7.07. The van der Waals surface area contributed by atoms with E-state index in [2.05, 4.69) is 20.7 Å². The molecule has 0 aliphatic carbocycles. The summed E-state index contributed by atoms with van der Waals surface area (Å²) in [7, 11) is -5.14. The first kappa shape index (κ1) is 18.8. The molecule has 2 atom stereocenters. The lowest BCUT2D eigenvalue weighted by atomic mass is 10.3. The number of hydrogen-bond acceptors (Lipinski definition) is 4. The number of nitrogen functional groups attached to an aromatic ring is 1. The molecule has 1 aromatic carbocycles. The zero-order chi connectivity index (χ0) is 16.4. The number of halogens is 3. The number of nitrogens with two attached hydrogens (primary N) is 1. The number of hydrogen-bond donors (Lipinski definition) is 2. The first-order valence-electron chi connectivity index (χ1n) is 5.82. The van der Waals surface area contributed by atoms with Crippen LogP contribution in [0.3, 0.4) is 0 Å². The Bertz CT molecular complexity index is 670. The van der Waals surface area contributed by atoms with Crippen LogP contribution in [0.25, 0.3) is 0 Å². The number of anilines is 1. The molecule has 0 amide bonds. The molecule has 10 heteroatoms. The van der Waals surface area contributed by atoms with Gasteiger partial charge in [0.1, 0.15) is 4.90 Å². The van der Waals surface area contributed by atoms with Crippen molar-refractivity contribution in [2.45, 2.75) is 23.5 Å². The van der Waals surface area contributed by atoms with Crippen LogP contribution in [0, 0.1) is 5.82 Å². The second kappa shape index (κ2) is 7.36. The maximum absolute atomic E-state index is 14.0. The Morgan fingerprint density at radius 2 is 2.14 bits per heavy atom. The monoisotopic (exact) mass is 420 g/mol. The third kappa shape index (κ3) is 4.62. The van der Waals surface area contributed by atoms with Gasteiger partial charge in [-0.3, -0.25) is 4.21 Å². The molecular weight excluding hydrogens is 407 g/mol. The Morgan fingerprint density at radius 1 is 1.57 bits per heavy atom. The lowest BCUT2D eigenvalue weighted by Gasteiger charge is -2.12. The molecular formula is C11H15BrClFN2O3S2. The van der Waals surface area contributed by atoms with Crippen LogP contribution in [0.2, 0.25) is 5.02 Å². The zero-order valence-electron chi connectivity index (χ0n) is 11.3. The van der Waals surface area contributed by atoms with E-state index in [1.54, 1.807) is 6.92 Å². The summed E-state index contributed by atoms with van der Waals surface area (Å²) in [4.78, 5) is -0.613. The molecule has 0 radical (unpaired) electrons. The Hall–Kier alpha value is -0.220. The SMILES string of the molecule is CC(CCNS(=O)(=O)c1cc(Cl)c(Br)c(N)c1F)S(C)=O. The normalized spacial score (nSPS) is 14.9. The van der Waals surface area contributed by atoms with E-state index in [0.29, 0.717) is 6.42 Å². The fourth-order valence-corrected chi connectivity index (χ4v) is 3.61. The topological polar surface area (TPSA) is 89.3 Å². The van der Waals surface area contributed by atoms with Crippen LogP contribution in [0.4, 0.5) is 10.1 Å². The first-order chi connectivity index (χ1) is 9.58. The van der Waals surface area contributed by atoms with Gasteiger partial charge in [0.2, 0.25) is 10.0 Å².